The number of hydrogen-bond donors (Lipinski definition) is 1. The topological polar surface area (TPSA) is 49.4 Å². The summed E-state index contributed by atoms with van der Waals surface area (Å²) in [5.74, 6) is 0. The largest absolute Gasteiger partial charge is 0.371 e. The first-order valence-corrected chi connectivity index (χ1v) is 9.34. The fourth-order valence-electron chi connectivity index (χ4n) is 2.50. The van der Waals surface area contributed by atoms with Crippen molar-refractivity contribution in [1.29, 1.82) is 0 Å². The molecular formula is C15H18N2O2S2. The number of thiophene rings is 1. The van der Waals surface area contributed by atoms with Gasteiger partial charge >= 0.3 is 0 Å². The maximum absolute atomic E-state index is 12.3. The summed E-state index contributed by atoms with van der Waals surface area (Å²) in [6.07, 6.45) is 2.40. The van der Waals surface area contributed by atoms with Gasteiger partial charge in [-0.1, -0.05) is 12.1 Å². The van der Waals surface area contributed by atoms with Crippen molar-refractivity contribution >= 4 is 32.7 Å². The molecule has 0 saturated carbocycles. The van der Waals surface area contributed by atoms with Crippen LogP contribution in [-0.2, 0) is 10.0 Å². The normalized spacial score (nSPS) is 15.4. The average molecular weight is 322 g/mol. The van der Waals surface area contributed by atoms with Crippen LogP contribution in [0, 0.1) is 6.92 Å². The Balaban J connectivity index is 1.89. The standard InChI is InChI=1S/C15H18N2O2S2/c1-12-6-7-13(17-8-2-3-9-17)11-14(12)16-21(18,19)15-5-4-10-20-15/h4-7,10-11,16H,2-3,8-9H2,1H3. The van der Waals surface area contributed by atoms with Crippen LogP contribution in [0.1, 0.15) is 18.4 Å². The van der Waals surface area contributed by atoms with E-state index in [9.17, 15) is 8.42 Å². The van der Waals surface area contributed by atoms with E-state index >= 15 is 0 Å². The second kappa shape index (κ2) is 5.69. The van der Waals surface area contributed by atoms with Gasteiger partial charge in [0, 0.05) is 18.8 Å². The number of rotatable bonds is 4. The molecule has 1 fully saturated rings. The van der Waals surface area contributed by atoms with E-state index in [0.717, 1.165) is 24.3 Å². The lowest BCUT2D eigenvalue weighted by Crippen LogP contribution is -2.18. The zero-order chi connectivity index (χ0) is 14.9. The summed E-state index contributed by atoms with van der Waals surface area (Å²) < 4.78 is 27.7. The minimum Gasteiger partial charge on any atom is -0.371 e. The van der Waals surface area contributed by atoms with Gasteiger partial charge in [-0.3, -0.25) is 4.72 Å². The molecule has 0 radical (unpaired) electrons. The lowest BCUT2D eigenvalue weighted by molar-refractivity contribution is 0.603. The first-order chi connectivity index (χ1) is 10.1. The minimum atomic E-state index is -3.48. The van der Waals surface area contributed by atoms with Gasteiger partial charge in [0.05, 0.1) is 5.69 Å². The highest BCUT2D eigenvalue weighted by atomic mass is 32.2. The number of benzene rings is 1. The van der Waals surface area contributed by atoms with Crippen molar-refractivity contribution in [3.63, 3.8) is 0 Å². The number of nitrogens with zero attached hydrogens (tertiary/aromatic N) is 1. The fourth-order valence-corrected chi connectivity index (χ4v) is 4.62. The van der Waals surface area contributed by atoms with Crippen LogP contribution in [0.3, 0.4) is 0 Å². The molecule has 1 N–H and O–H groups in total. The van der Waals surface area contributed by atoms with Crippen LogP contribution in [0.25, 0.3) is 0 Å². The Hall–Kier alpha value is -1.53. The van der Waals surface area contributed by atoms with Crippen molar-refractivity contribution in [2.75, 3.05) is 22.7 Å². The van der Waals surface area contributed by atoms with E-state index in [1.165, 1.54) is 24.2 Å². The lowest BCUT2D eigenvalue weighted by Gasteiger charge is -2.19. The first-order valence-electron chi connectivity index (χ1n) is 6.98. The molecule has 1 aromatic heterocycles. The molecule has 1 aliphatic rings. The maximum Gasteiger partial charge on any atom is 0.271 e. The Kier molecular flexibility index (Phi) is 3.91. The van der Waals surface area contributed by atoms with Crippen molar-refractivity contribution in [2.45, 2.75) is 24.0 Å². The molecule has 1 aliphatic heterocycles. The third-order valence-electron chi connectivity index (χ3n) is 3.70. The molecule has 4 nitrogen and oxygen atoms in total. The van der Waals surface area contributed by atoms with Gasteiger partial charge in [0.2, 0.25) is 0 Å². The predicted molar refractivity (Wildman–Crippen MR) is 87.8 cm³/mol. The predicted octanol–water partition coefficient (Wildman–Crippen LogP) is 3.46. The lowest BCUT2D eigenvalue weighted by atomic mass is 10.2. The molecule has 0 bridgehead atoms. The summed E-state index contributed by atoms with van der Waals surface area (Å²) in [6.45, 7) is 4.00. The Morgan fingerprint density at radius 2 is 1.95 bits per heavy atom. The highest BCUT2D eigenvalue weighted by Crippen LogP contribution is 2.28. The molecule has 0 aliphatic carbocycles. The van der Waals surface area contributed by atoms with E-state index in [4.69, 9.17) is 0 Å². The highest BCUT2D eigenvalue weighted by Gasteiger charge is 2.18. The van der Waals surface area contributed by atoms with Gasteiger partial charge < -0.3 is 4.90 Å². The van der Waals surface area contributed by atoms with Crippen LogP contribution in [0.5, 0.6) is 0 Å². The molecule has 0 amide bonds. The zero-order valence-corrected chi connectivity index (χ0v) is 13.5. The quantitative estimate of drug-likeness (QED) is 0.938. The number of hydrogen-bond acceptors (Lipinski definition) is 4. The first kappa shape index (κ1) is 14.4. The summed E-state index contributed by atoms with van der Waals surface area (Å²) in [7, 11) is -3.48. The number of nitrogens with one attached hydrogen (secondary N) is 1. The molecule has 112 valence electrons. The van der Waals surface area contributed by atoms with Crippen molar-refractivity contribution in [2.24, 2.45) is 0 Å². The van der Waals surface area contributed by atoms with E-state index in [2.05, 4.69) is 15.7 Å². The summed E-state index contributed by atoms with van der Waals surface area (Å²) in [5.41, 5.74) is 2.67. The molecule has 1 saturated heterocycles. The Morgan fingerprint density at radius 1 is 1.19 bits per heavy atom. The smallest absolute Gasteiger partial charge is 0.271 e. The van der Waals surface area contributed by atoms with Gasteiger partial charge in [-0.15, -0.1) is 11.3 Å². The molecule has 6 heteroatoms. The number of anilines is 2. The van der Waals surface area contributed by atoms with Crippen LogP contribution in [0.4, 0.5) is 11.4 Å². The summed E-state index contributed by atoms with van der Waals surface area (Å²) >= 11 is 1.22. The highest BCUT2D eigenvalue weighted by molar-refractivity contribution is 7.94. The van der Waals surface area contributed by atoms with E-state index in [-0.39, 0.29) is 0 Å². The third kappa shape index (κ3) is 3.06. The van der Waals surface area contributed by atoms with E-state index < -0.39 is 10.0 Å². The van der Waals surface area contributed by atoms with Crippen LogP contribution in [-0.4, -0.2) is 21.5 Å². The Morgan fingerprint density at radius 3 is 2.62 bits per heavy atom. The summed E-state index contributed by atoms with van der Waals surface area (Å²) in [6, 6.07) is 9.33. The van der Waals surface area contributed by atoms with Crippen LogP contribution in [0.2, 0.25) is 0 Å². The second-order valence-corrected chi connectivity index (χ2v) is 8.09. The Bertz CT molecular complexity index is 718. The molecule has 3 rings (SSSR count). The van der Waals surface area contributed by atoms with Gasteiger partial charge in [0.1, 0.15) is 4.21 Å². The summed E-state index contributed by atoms with van der Waals surface area (Å²) in [5, 5.41) is 1.77. The zero-order valence-electron chi connectivity index (χ0n) is 11.9. The molecule has 21 heavy (non-hydrogen) atoms. The van der Waals surface area contributed by atoms with Crippen molar-refractivity contribution < 1.29 is 8.42 Å². The number of aryl methyl sites for hydroxylation is 1. The van der Waals surface area contributed by atoms with Gasteiger partial charge in [-0.25, -0.2) is 8.42 Å². The monoisotopic (exact) mass is 322 g/mol. The van der Waals surface area contributed by atoms with Crippen molar-refractivity contribution in [1.82, 2.24) is 0 Å². The Labute approximate surface area is 129 Å². The van der Waals surface area contributed by atoms with Crippen molar-refractivity contribution in [3.05, 3.63) is 41.3 Å². The third-order valence-corrected chi connectivity index (χ3v) is 6.46. The average Bonchev–Trinajstić information content (AvgIpc) is 3.14. The summed E-state index contributed by atoms with van der Waals surface area (Å²) in [4.78, 5) is 2.29. The molecule has 0 atom stereocenters. The second-order valence-electron chi connectivity index (χ2n) is 5.23. The molecule has 0 unspecified atom stereocenters. The van der Waals surface area contributed by atoms with Gasteiger partial charge in [0.25, 0.3) is 10.0 Å². The van der Waals surface area contributed by atoms with Crippen LogP contribution in [0.15, 0.2) is 39.9 Å². The van der Waals surface area contributed by atoms with E-state index in [1.54, 1.807) is 17.5 Å². The fraction of sp³-hybridized carbons (Fsp3) is 0.333. The molecule has 0 spiro atoms. The maximum atomic E-state index is 12.3. The SMILES string of the molecule is Cc1ccc(N2CCCC2)cc1NS(=O)(=O)c1cccs1. The van der Waals surface area contributed by atoms with Gasteiger partial charge in [-0.05, 0) is 48.9 Å². The van der Waals surface area contributed by atoms with Gasteiger partial charge in [-0.2, -0.15) is 0 Å². The number of sulfonamides is 1. The van der Waals surface area contributed by atoms with Crippen LogP contribution >= 0.6 is 11.3 Å². The molecule has 2 heterocycles. The van der Waals surface area contributed by atoms with Gasteiger partial charge in [0.15, 0.2) is 0 Å². The molecule has 2 aromatic rings. The molecule has 1 aromatic carbocycles. The van der Waals surface area contributed by atoms with E-state index in [1.807, 2.05) is 19.1 Å². The van der Waals surface area contributed by atoms with Crippen LogP contribution < -0.4 is 9.62 Å². The van der Waals surface area contributed by atoms with E-state index in [0.29, 0.717) is 9.90 Å². The molecular weight excluding hydrogens is 304 g/mol. The van der Waals surface area contributed by atoms with Crippen molar-refractivity contribution in [3.8, 4) is 0 Å². The minimum absolute atomic E-state index is 0.341.